The SMILES string of the molecule is Cn1cccc1C(=O)NCC(C)(O)c1cccs1. The largest absolute Gasteiger partial charge is 0.383 e. The number of carbonyl (C=O) groups is 1. The molecule has 96 valence electrons. The number of hydrogen-bond donors (Lipinski definition) is 2. The number of amides is 1. The Morgan fingerprint density at radius 2 is 2.28 bits per heavy atom. The second-order valence-electron chi connectivity index (χ2n) is 4.44. The zero-order valence-electron chi connectivity index (χ0n) is 10.4. The lowest BCUT2D eigenvalue weighted by atomic mass is 10.1. The standard InChI is InChI=1S/C13H16N2O2S/c1-13(17,11-6-4-8-18-11)9-14-12(16)10-5-3-7-15(10)2/h3-8,17H,9H2,1-2H3,(H,14,16). The fraction of sp³-hybridized carbons (Fsp3) is 0.308. The number of aryl methyl sites for hydroxylation is 1. The van der Waals surface area contributed by atoms with Crippen LogP contribution in [0.1, 0.15) is 22.3 Å². The van der Waals surface area contributed by atoms with Crippen LogP contribution < -0.4 is 5.32 Å². The van der Waals surface area contributed by atoms with Crippen LogP contribution in [0.15, 0.2) is 35.8 Å². The lowest BCUT2D eigenvalue weighted by molar-refractivity contribution is 0.0554. The van der Waals surface area contributed by atoms with Gasteiger partial charge in [-0.15, -0.1) is 11.3 Å². The van der Waals surface area contributed by atoms with Gasteiger partial charge in [0.2, 0.25) is 0 Å². The van der Waals surface area contributed by atoms with Gasteiger partial charge in [-0.05, 0) is 30.5 Å². The Balaban J connectivity index is 2.00. The highest BCUT2D eigenvalue weighted by molar-refractivity contribution is 7.10. The van der Waals surface area contributed by atoms with E-state index in [1.165, 1.54) is 11.3 Å². The Morgan fingerprint density at radius 1 is 1.50 bits per heavy atom. The van der Waals surface area contributed by atoms with E-state index in [4.69, 9.17) is 0 Å². The van der Waals surface area contributed by atoms with E-state index in [0.717, 1.165) is 4.88 Å². The van der Waals surface area contributed by atoms with Crippen molar-refractivity contribution >= 4 is 17.2 Å². The van der Waals surface area contributed by atoms with Crippen molar-refractivity contribution in [1.82, 2.24) is 9.88 Å². The molecule has 0 saturated carbocycles. The van der Waals surface area contributed by atoms with E-state index in [-0.39, 0.29) is 12.5 Å². The van der Waals surface area contributed by atoms with Crippen molar-refractivity contribution in [3.63, 3.8) is 0 Å². The van der Waals surface area contributed by atoms with Crippen LogP contribution in [-0.2, 0) is 12.6 Å². The summed E-state index contributed by atoms with van der Waals surface area (Å²) in [7, 11) is 1.81. The van der Waals surface area contributed by atoms with Crippen molar-refractivity contribution in [2.24, 2.45) is 7.05 Å². The molecule has 4 nitrogen and oxygen atoms in total. The Kier molecular flexibility index (Phi) is 3.54. The summed E-state index contributed by atoms with van der Waals surface area (Å²) in [6.45, 7) is 1.89. The third kappa shape index (κ3) is 2.63. The van der Waals surface area contributed by atoms with Crippen molar-refractivity contribution in [3.8, 4) is 0 Å². The third-order valence-electron chi connectivity index (χ3n) is 2.82. The molecule has 2 N–H and O–H groups in total. The summed E-state index contributed by atoms with van der Waals surface area (Å²) in [6.07, 6.45) is 1.81. The molecule has 2 rings (SSSR count). The first-order valence-corrected chi connectivity index (χ1v) is 6.54. The number of carbonyl (C=O) groups excluding carboxylic acids is 1. The van der Waals surface area contributed by atoms with Gasteiger partial charge in [-0.1, -0.05) is 6.07 Å². The average Bonchev–Trinajstić information content (AvgIpc) is 2.96. The molecular formula is C13H16N2O2S. The molecule has 0 aliphatic rings. The Hall–Kier alpha value is -1.59. The van der Waals surface area contributed by atoms with Gasteiger partial charge in [-0.25, -0.2) is 0 Å². The smallest absolute Gasteiger partial charge is 0.268 e. The van der Waals surface area contributed by atoms with E-state index >= 15 is 0 Å². The van der Waals surface area contributed by atoms with Crippen LogP contribution in [0.2, 0.25) is 0 Å². The summed E-state index contributed by atoms with van der Waals surface area (Å²) in [4.78, 5) is 12.7. The van der Waals surface area contributed by atoms with Crippen LogP contribution in [0.3, 0.4) is 0 Å². The van der Waals surface area contributed by atoms with E-state index in [2.05, 4.69) is 5.32 Å². The van der Waals surface area contributed by atoms with E-state index in [1.54, 1.807) is 17.6 Å². The van der Waals surface area contributed by atoms with E-state index in [9.17, 15) is 9.90 Å². The molecule has 0 aliphatic heterocycles. The molecule has 2 aromatic heterocycles. The minimum absolute atomic E-state index is 0.181. The van der Waals surface area contributed by atoms with Crippen molar-refractivity contribution in [2.45, 2.75) is 12.5 Å². The molecule has 0 radical (unpaired) electrons. The van der Waals surface area contributed by atoms with Crippen molar-refractivity contribution in [1.29, 1.82) is 0 Å². The first kappa shape index (κ1) is 12.9. The first-order valence-electron chi connectivity index (χ1n) is 5.66. The van der Waals surface area contributed by atoms with Gasteiger partial charge < -0.3 is 15.0 Å². The molecular weight excluding hydrogens is 248 g/mol. The van der Waals surface area contributed by atoms with Crippen LogP contribution in [0.4, 0.5) is 0 Å². The Morgan fingerprint density at radius 3 is 2.83 bits per heavy atom. The maximum Gasteiger partial charge on any atom is 0.268 e. The molecule has 0 fully saturated rings. The number of aromatic nitrogens is 1. The summed E-state index contributed by atoms with van der Waals surface area (Å²) in [6, 6.07) is 7.30. The molecule has 2 aromatic rings. The Bertz CT molecular complexity index is 529. The zero-order chi connectivity index (χ0) is 13.2. The van der Waals surface area contributed by atoms with E-state index < -0.39 is 5.60 Å². The van der Waals surface area contributed by atoms with Crippen LogP contribution in [0, 0.1) is 0 Å². The summed E-state index contributed by atoms with van der Waals surface area (Å²) in [5.41, 5.74) is -0.452. The van der Waals surface area contributed by atoms with Gasteiger partial charge >= 0.3 is 0 Å². The number of hydrogen-bond acceptors (Lipinski definition) is 3. The normalized spacial score (nSPS) is 14.2. The molecule has 5 heteroatoms. The van der Waals surface area contributed by atoms with Crippen molar-refractivity contribution < 1.29 is 9.90 Å². The summed E-state index contributed by atoms with van der Waals surface area (Å²) in [5.74, 6) is -0.181. The van der Waals surface area contributed by atoms with Crippen molar-refractivity contribution in [3.05, 3.63) is 46.4 Å². The number of rotatable bonds is 4. The lowest BCUT2D eigenvalue weighted by Crippen LogP contribution is -2.38. The number of thiophene rings is 1. The fourth-order valence-corrected chi connectivity index (χ4v) is 2.50. The molecule has 0 bridgehead atoms. The minimum atomic E-state index is -1.03. The number of aliphatic hydroxyl groups is 1. The molecule has 1 amide bonds. The van der Waals surface area contributed by atoms with Crippen LogP contribution in [0.25, 0.3) is 0 Å². The predicted molar refractivity (Wildman–Crippen MR) is 71.6 cm³/mol. The van der Waals surface area contributed by atoms with Crippen molar-refractivity contribution in [2.75, 3.05) is 6.54 Å². The van der Waals surface area contributed by atoms with Gasteiger partial charge in [-0.3, -0.25) is 4.79 Å². The van der Waals surface area contributed by atoms with Crippen LogP contribution in [0.5, 0.6) is 0 Å². The van der Waals surface area contributed by atoms with Crippen LogP contribution in [-0.4, -0.2) is 22.1 Å². The highest BCUT2D eigenvalue weighted by Gasteiger charge is 2.25. The second kappa shape index (κ2) is 4.96. The van der Waals surface area contributed by atoms with E-state index in [1.807, 2.05) is 36.8 Å². The molecule has 1 atom stereocenters. The lowest BCUT2D eigenvalue weighted by Gasteiger charge is -2.22. The molecule has 0 saturated heterocycles. The van der Waals surface area contributed by atoms with Gasteiger partial charge in [0.25, 0.3) is 5.91 Å². The zero-order valence-corrected chi connectivity index (χ0v) is 11.2. The van der Waals surface area contributed by atoms with Gasteiger partial charge in [0, 0.05) is 18.1 Å². The van der Waals surface area contributed by atoms with Crippen LogP contribution >= 0.6 is 11.3 Å². The monoisotopic (exact) mass is 264 g/mol. The molecule has 18 heavy (non-hydrogen) atoms. The first-order chi connectivity index (χ1) is 8.50. The number of nitrogens with one attached hydrogen (secondary N) is 1. The average molecular weight is 264 g/mol. The second-order valence-corrected chi connectivity index (χ2v) is 5.39. The van der Waals surface area contributed by atoms with Gasteiger partial charge in [0.05, 0.1) is 6.54 Å². The maximum atomic E-state index is 11.9. The van der Waals surface area contributed by atoms with Gasteiger partial charge in [0.15, 0.2) is 0 Å². The van der Waals surface area contributed by atoms with E-state index in [0.29, 0.717) is 5.69 Å². The fourth-order valence-electron chi connectivity index (χ4n) is 1.71. The molecule has 0 aliphatic carbocycles. The molecule has 2 heterocycles. The number of nitrogens with zero attached hydrogens (tertiary/aromatic N) is 1. The van der Waals surface area contributed by atoms with Gasteiger partial charge in [0.1, 0.15) is 11.3 Å². The highest BCUT2D eigenvalue weighted by atomic mass is 32.1. The topological polar surface area (TPSA) is 54.3 Å². The predicted octanol–water partition coefficient (Wildman–Crippen LogP) is 1.72. The van der Waals surface area contributed by atoms with Gasteiger partial charge in [-0.2, -0.15) is 0 Å². The Labute approximate surface area is 110 Å². The highest BCUT2D eigenvalue weighted by Crippen LogP contribution is 2.24. The summed E-state index contributed by atoms with van der Waals surface area (Å²) >= 11 is 1.48. The molecule has 0 aromatic carbocycles. The molecule has 1 unspecified atom stereocenters. The summed E-state index contributed by atoms with van der Waals surface area (Å²) in [5, 5.41) is 14.9. The summed E-state index contributed by atoms with van der Waals surface area (Å²) < 4.78 is 1.75. The molecule has 0 spiro atoms. The third-order valence-corrected chi connectivity index (χ3v) is 3.94. The quantitative estimate of drug-likeness (QED) is 0.883. The minimum Gasteiger partial charge on any atom is -0.383 e. The maximum absolute atomic E-state index is 11.9.